The van der Waals surface area contributed by atoms with Gasteiger partial charge in [0.1, 0.15) is 5.60 Å². The van der Waals surface area contributed by atoms with Gasteiger partial charge < -0.3 is 9.47 Å². The lowest BCUT2D eigenvalue weighted by Crippen LogP contribution is -2.49. The zero-order chi connectivity index (χ0) is 19.0. The van der Waals surface area contributed by atoms with Crippen LogP contribution in [0, 0.1) is 11.3 Å². The van der Waals surface area contributed by atoms with Crippen molar-refractivity contribution in [3.05, 3.63) is 0 Å². The zero-order valence-electron chi connectivity index (χ0n) is 17.2. The molecule has 0 amide bonds. The quantitative estimate of drug-likeness (QED) is 0.360. The first-order valence-corrected chi connectivity index (χ1v) is 10.0. The van der Waals surface area contributed by atoms with Gasteiger partial charge in [0.2, 0.25) is 0 Å². The summed E-state index contributed by atoms with van der Waals surface area (Å²) in [5, 5.41) is 0. The number of hydrogen-bond acceptors (Lipinski definition) is 4. The molecule has 0 saturated heterocycles. The third kappa shape index (κ3) is 7.35. The van der Waals surface area contributed by atoms with E-state index in [1.54, 1.807) is 0 Å². The first-order valence-electron chi connectivity index (χ1n) is 9.42. The molecule has 0 aromatic heterocycles. The van der Waals surface area contributed by atoms with Gasteiger partial charge in [-0.05, 0) is 70.5 Å². The molecule has 3 nitrogen and oxygen atoms in total. The molecular weight excluding hydrogens is 320 g/mol. The molecule has 0 rings (SSSR count). The summed E-state index contributed by atoms with van der Waals surface area (Å²) in [5.74, 6) is 1.15. The van der Waals surface area contributed by atoms with Crippen molar-refractivity contribution < 1.29 is 14.3 Å². The Morgan fingerprint density at radius 3 is 2.04 bits per heavy atom. The molecular formula is C20H40O3S. The van der Waals surface area contributed by atoms with Crippen LogP contribution in [0.1, 0.15) is 87.5 Å². The largest absolute Gasteiger partial charge is 0.457 e. The van der Waals surface area contributed by atoms with Crippen molar-refractivity contribution in [1.82, 2.24) is 0 Å². The van der Waals surface area contributed by atoms with Crippen LogP contribution >= 0.6 is 12.6 Å². The second-order valence-corrected chi connectivity index (χ2v) is 8.89. The first-order chi connectivity index (χ1) is 10.9. The summed E-state index contributed by atoms with van der Waals surface area (Å²) in [6, 6.07) is 0. The average Bonchev–Trinajstić information content (AvgIpc) is 2.48. The number of rotatable bonds is 12. The molecule has 144 valence electrons. The SMILES string of the molecule is CCC(CC)(CC(C)C)C(C)(C)OCC(C)(C)OC(=O)CCCS. The van der Waals surface area contributed by atoms with Gasteiger partial charge in [-0.15, -0.1) is 0 Å². The summed E-state index contributed by atoms with van der Waals surface area (Å²) in [6.07, 6.45) is 4.45. The van der Waals surface area contributed by atoms with E-state index in [9.17, 15) is 4.79 Å². The molecule has 0 saturated carbocycles. The number of hydrogen-bond donors (Lipinski definition) is 1. The van der Waals surface area contributed by atoms with Gasteiger partial charge in [-0.2, -0.15) is 12.6 Å². The summed E-state index contributed by atoms with van der Waals surface area (Å²) in [6.45, 7) is 17.6. The summed E-state index contributed by atoms with van der Waals surface area (Å²) in [5.41, 5.74) is -0.751. The fourth-order valence-electron chi connectivity index (χ4n) is 3.54. The van der Waals surface area contributed by atoms with Crippen molar-refractivity contribution in [2.75, 3.05) is 12.4 Å². The van der Waals surface area contributed by atoms with E-state index < -0.39 is 5.60 Å². The van der Waals surface area contributed by atoms with Crippen molar-refractivity contribution >= 4 is 18.6 Å². The topological polar surface area (TPSA) is 35.5 Å². The van der Waals surface area contributed by atoms with Crippen LogP contribution in [-0.2, 0) is 14.3 Å². The van der Waals surface area contributed by atoms with Gasteiger partial charge in [0.25, 0.3) is 0 Å². The second-order valence-electron chi connectivity index (χ2n) is 8.45. The number of ether oxygens (including phenoxy) is 2. The standard InChI is InChI=1S/C20H40O3S/c1-9-20(10-2,14-16(3)4)19(7,8)22-15-18(5,6)23-17(21)12-11-13-24/h16,24H,9-15H2,1-8H3. The van der Waals surface area contributed by atoms with E-state index in [2.05, 4.69) is 54.2 Å². The van der Waals surface area contributed by atoms with Gasteiger partial charge in [-0.25, -0.2) is 0 Å². The maximum atomic E-state index is 11.9. The summed E-state index contributed by atoms with van der Waals surface area (Å²) in [4.78, 5) is 11.9. The van der Waals surface area contributed by atoms with E-state index in [1.165, 1.54) is 0 Å². The molecule has 0 radical (unpaired) electrons. The fraction of sp³-hybridized carbons (Fsp3) is 0.950. The summed E-state index contributed by atoms with van der Waals surface area (Å²) >= 11 is 4.13. The van der Waals surface area contributed by atoms with E-state index in [-0.39, 0.29) is 17.0 Å². The summed E-state index contributed by atoms with van der Waals surface area (Å²) in [7, 11) is 0. The molecule has 0 unspecified atom stereocenters. The predicted molar refractivity (Wildman–Crippen MR) is 106 cm³/mol. The van der Waals surface area contributed by atoms with Gasteiger partial charge >= 0.3 is 5.97 Å². The number of carbonyl (C=O) groups excluding carboxylic acids is 1. The maximum Gasteiger partial charge on any atom is 0.306 e. The zero-order valence-corrected chi connectivity index (χ0v) is 18.1. The lowest BCUT2D eigenvalue weighted by molar-refractivity contribution is -0.183. The number of thiol groups is 1. The van der Waals surface area contributed by atoms with E-state index in [4.69, 9.17) is 9.47 Å². The molecule has 0 heterocycles. The van der Waals surface area contributed by atoms with Gasteiger partial charge in [0.15, 0.2) is 0 Å². The molecule has 0 aliphatic rings. The molecule has 0 aliphatic carbocycles. The highest BCUT2D eigenvalue weighted by Gasteiger charge is 2.44. The fourth-order valence-corrected chi connectivity index (χ4v) is 3.69. The molecule has 0 N–H and O–H groups in total. The van der Waals surface area contributed by atoms with Crippen LogP contribution in [0.3, 0.4) is 0 Å². The maximum absolute atomic E-state index is 11.9. The van der Waals surface area contributed by atoms with Gasteiger partial charge in [-0.1, -0.05) is 27.7 Å². The summed E-state index contributed by atoms with van der Waals surface area (Å²) < 4.78 is 12.0. The molecule has 0 fully saturated rings. The normalized spacial score (nSPS) is 13.4. The monoisotopic (exact) mass is 360 g/mol. The van der Waals surface area contributed by atoms with Gasteiger partial charge in [0, 0.05) is 6.42 Å². The molecule has 4 heteroatoms. The third-order valence-corrected chi connectivity index (χ3v) is 5.46. The van der Waals surface area contributed by atoms with Crippen LogP contribution in [0.5, 0.6) is 0 Å². The smallest absolute Gasteiger partial charge is 0.306 e. The van der Waals surface area contributed by atoms with E-state index in [1.807, 2.05) is 13.8 Å². The minimum atomic E-state index is -0.615. The molecule has 24 heavy (non-hydrogen) atoms. The van der Waals surface area contributed by atoms with E-state index in [0.717, 1.165) is 25.7 Å². The second kappa shape index (κ2) is 10.1. The Kier molecular flexibility index (Phi) is 9.96. The van der Waals surface area contributed by atoms with E-state index in [0.29, 0.717) is 24.7 Å². The van der Waals surface area contributed by atoms with Crippen LogP contribution in [0.4, 0.5) is 0 Å². The lowest BCUT2D eigenvalue weighted by atomic mass is 9.65. The lowest BCUT2D eigenvalue weighted by Gasteiger charge is -2.48. The Bertz CT molecular complexity index is 371. The molecule has 0 bridgehead atoms. The van der Waals surface area contributed by atoms with Crippen molar-refractivity contribution in [2.24, 2.45) is 11.3 Å². The van der Waals surface area contributed by atoms with Gasteiger partial charge in [-0.3, -0.25) is 4.79 Å². The van der Waals surface area contributed by atoms with Crippen molar-refractivity contribution in [1.29, 1.82) is 0 Å². The van der Waals surface area contributed by atoms with Crippen LogP contribution in [-0.4, -0.2) is 29.5 Å². The van der Waals surface area contributed by atoms with Gasteiger partial charge in [0.05, 0.1) is 12.2 Å². The Balaban J connectivity index is 4.91. The predicted octanol–water partition coefficient (Wildman–Crippen LogP) is 5.67. The Morgan fingerprint density at radius 2 is 1.62 bits per heavy atom. The van der Waals surface area contributed by atoms with Crippen LogP contribution in [0.15, 0.2) is 0 Å². The van der Waals surface area contributed by atoms with Crippen LogP contribution < -0.4 is 0 Å². The Labute approximate surface area is 155 Å². The molecule has 0 aliphatic heterocycles. The molecule has 0 spiro atoms. The van der Waals surface area contributed by atoms with Crippen molar-refractivity contribution in [3.8, 4) is 0 Å². The Hall–Kier alpha value is -0.220. The highest BCUT2D eigenvalue weighted by Crippen LogP contribution is 2.46. The highest BCUT2D eigenvalue weighted by atomic mass is 32.1. The van der Waals surface area contributed by atoms with Crippen LogP contribution in [0.25, 0.3) is 0 Å². The minimum Gasteiger partial charge on any atom is -0.457 e. The average molecular weight is 361 g/mol. The molecule has 0 aromatic rings. The number of carbonyl (C=O) groups is 1. The van der Waals surface area contributed by atoms with Crippen LogP contribution in [0.2, 0.25) is 0 Å². The molecule has 0 aromatic carbocycles. The van der Waals surface area contributed by atoms with E-state index >= 15 is 0 Å². The Morgan fingerprint density at radius 1 is 1.08 bits per heavy atom. The third-order valence-electron chi connectivity index (χ3n) is 5.14. The van der Waals surface area contributed by atoms with Crippen molar-refractivity contribution in [3.63, 3.8) is 0 Å². The molecule has 0 atom stereocenters. The highest BCUT2D eigenvalue weighted by molar-refractivity contribution is 7.80. The van der Waals surface area contributed by atoms with Crippen molar-refractivity contribution in [2.45, 2.75) is 98.7 Å². The number of esters is 1. The first kappa shape index (κ1) is 23.8. The minimum absolute atomic E-state index is 0.132.